The molecule has 3 atom stereocenters. The van der Waals surface area contributed by atoms with Gasteiger partial charge in [0.15, 0.2) is 0 Å². The van der Waals surface area contributed by atoms with Crippen molar-refractivity contribution in [3.05, 3.63) is 0 Å². The average molecular weight is 183 g/mol. The zero-order valence-corrected chi connectivity index (χ0v) is 9.47. The molecule has 0 radical (unpaired) electrons. The van der Waals surface area contributed by atoms with Crippen molar-refractivity contribution in [1.29, 1.82) is 0 Å². The molecule has 0 aromatic rings. The first kappa shape index (κ1) is 11.0. The van der Waals surface area contributed by atoms with E-state index in [4.69, 9.17) is 0 Å². The van der Waals surface area contributed by atoms with Crippen LogP contribution in [0.4, 0.5) is 0 Å². The molecule has 0 spiro atoms. The van der Waals surface area contributed by atoms with Crippen molar-refractivity contribution in [2.24, 2.45) is 17.8 Å². The van der Waals surface area contributed by atoms with Crippen LogP contribution in [-0.2, 0) is 0 Å². The second-order valence-corrected chi connectivity index (χ2v) is 4.87. The Kier molecular flexibility index (Phi) is 4.79. The molecular weight excluding hydrogens is 158 g/mol. The monoisotopic (exact) mass is 183 g/mol. The lowest BCUT2D eigenvalue weighted by Gasteiger charge is -2.21. The third-order valence-corrected chi connectivity index (χ3v) is 3.48. The van der Waals surface area contributed by atoms with E-state index >= 15 is 0 Å². The molecule has 0 bridgehead atoms. The van der Waals surface area contributed by atoms with Crippen LogP contribution >= 0.6 is 0 Å². The zero-order chi connectivity index (χ0) is 9.68. The van der Waals surface area contributed by atoms with E-state index in [1.807, 2.05) is 0 Å². The average Bonchev–Trinajstić information content (AvgIpc) is 2.30. The fraction of sp³-hybridized carbons (Fsp3) is 1.00. The van der Waals surface area contributed by atoms with Crippen molar-refractivity contribution in [2.75, 3.05) is 13.1 Å². The Hall–Kier alpha value is -0.0400. The van der Waals surface area contributed by atoms with Crippen molar-refractivity contribution >= 4 is 0 Å². The number of hydrogen-bond acceptors (Lipinski definition) is 1. The quantitative estimate of drug-likeness (QED) is 0.709. The van der Waals surface area contributed by atoms with Crippen molar-refractivity contribution in [3.8, 4) is 0 Å². The second-order valence-electron chi connectivity index (χ2n) is 4.87. The Labute approximate surface area is 83.3 Å². The Morgan fingerprint density at radius 2 is 2.08 bits per heavy atom. The third-order valence-electron chi connectivity index (χ3n) is 3.48. The lowest BCUT2D eigenvalue weighted by atomic mass is 9.86. The van der Waals surface area contributed by atoms with E-state index in [1.165, 1.54) is 38.8 Å². The highest BCUT2D eigenvalue weighted by molar-refractivity contribution is 4.74. The minimum Gasteiger partial charge on any atom is -0.316 e. The van der Waals surface area contributed by atoms with E-state index in [0.717, 1.165) is 17.8 Å². The zero-order valence-electron chi connectivity index (χ0n) is 9.47. The van der Waals surface area contributed by atoms with E-state index in [1.54, 1.807) is 0 Å². The van der Waals surface area contributed by atoms with Gasteiger partial charge in [0.2, 0.25) is 0 Å². The van der Waals surface area contributed by atoms with Gasteiger partial charge in [-0.15, -0.1) is 0 Å². The molecule has 0 aromatic heterocycles. The summed E-state index contributed by atoms with van der Waals surface area (Å²) in [7, 11) is 0. The molecule has 78 valence electrons. The maximum Gasteiger partial charge on any atom is -0.00179 e. The summed E-state index contributed by atoms with van der Waals surface area (Å²) in [4.78, 5) is 0. The normalized spacial score (nSPS) is 32.5. The van der Waals surface area contributed by atoms with Crippen LogP contribution in [0.3, 0.4) is 0 Å². The highest BCUT2D eigenvalue weighted by Gasteiger charge is 2.20. The third kappa shape index (κ3) is 3.68. The predicted molar refractivity (Wildman–Crippen MR) is 58.8 cm³/mol. The summed E-state index contributed by atoms with van der Waals surface area (Å²) in [5.41, 5.74) is 0. The molecule has 1 fully saturated rings. The lowest BCUT2D eigenvalue weighted by molar-refractivity contribution is 0.312. The maximum atomic E-state index is 3.59. The summed E-state index contributed by atoms with van der Waals surface area (Å²) in [6, 6.07) is 0. The van der Waals surface area contributed by atoms with Crippen molar-refractivity contribution in [3.63, 3.8) is 0 Å². The predicted octanol–water partition coefficient (Wildman–Crippen LogP) is 3.06. The minimum atomic E-state index is 0.888. The summed E-state index contributed by atoms with van der Waals surface area (Å²) >= 11 is 0. The first-order valence-corrected chi connectivity index (χ1v) is 5.94. The molecule has 1 rings (SSSR count). The molecule has 1 aliphatic rings. The van der Waals surface area contributed by atoms with Crippen LogP contribution < -0.4 is 5.32 Å². The Morgan fingerprint density at radius 3 is 2.77 bits per heavy atom. The summed E-state index contributed by atoms with van der Waals surface area (Å²) in [6.45, 7) is 9.57. The maximum absolute atomic E-state index is 3.59. The van der Waals surface area contributed by atoms with Crippen LogP contribution in [0.25, 0.3) is 0 Å². The molecule has 0 saturated carbocycles. The number of rotatable bonds is 3. The van der Waals surface area contributed by atoms with Gasteiger partial charge in [-0.05, 0) is 43.7 Å². The van der Waals surface area contributed by atoms with Gasteiger partial charge in [0.05, 0.1) is 0 Å². The molecular formula is C12H25N. The molecule has 1 aliphatic heterocycles. The summed E-state index contributed by atoms with van der Waals surface area (Å²) < 4.78 is 0. The molecule has 3 unspecified atom stereocenters. The van der Waals surface area contributed by atoms with Gasteiger partial charge in [-0.25, -0.2) is 0 Å². The minimum absolute atomic E-state index is 0.888. The molecule has 1 heteroatoms. The Bertz CT molecular complexity index is 133. The van der Waals surface area contributed by atoms with E-state index in [2.05, 4.69) is 26.1 Å². The van der Waals surface area contributed by atoms with Gasteiger partial charge in [-0.1, -0.05) is 33.6 Å². The van der Waals surface area contributed by atoms with Gasteiger partial charge < -0.3 is 5.32 Å². The molecule has 1 heterocycles. The van der Waals surface area contributed by atoms with Crippen LogP contribution in [0.5, 0.6) is 0 Å². The summed E-state index contributed by atoms with van der Waals surface area (Å²) in [6.07, 6.45) is 5.61. The van der Waals surface area contributed by atoms with Gasteiger partial charge >= 0.3 is 0 Å². The van der Waals surface area contributed by atoms with Crippen molar-refractivity contribution in [1.82, 2.24) is 5.32 Å². The summed E-state index contributed by atoms with van der Waals surface area (Å²) in [5.74, 6) is 2.74. The van der Waals surface area contributed by atoms with Crippen LogP contribution in [-0.4, -0.2) is 13.1 Å². The van der Waals surface area contributed by atoms with Crippen LogP contribution in [0.2, 0.25) is 0 Å². The second kappa shape index (κ2) is 5.64. The molecule has 0 aromatic carbocycles. The van der Waals surface area contributed by atoms with Crippen molar-refractivity contribution in [2.45, 2.75) is 46.5 Å². The van der Waals surface area contributed by atoms with Gasteiger partial charge in [0, 0.05) is 0 Å². The topological polar surface area (TPSA) is 12.0 Å². The van der Waals surface area contributed by atoms with Gasteiger partial charge in [0.25, 0.3) is 0 Å². The highest BCUT2D eigenvalue weighted by atomic mass is 14.9. The Morgan fingerprint density at radius 1 is 1.31 bits per heavy atom. The molecule has 1 nitrogen and oxygen atoms in total. The Balaban J connectivity index is 2.32. The largest absolute Gasteiger partial charge is 0.316 e. The molecule has 0 amide bonds. The molecule has 1 N–H and O–H groups in total. The molecule has 13 heavy (non-hydrogen) atoms. The van der Waals surface area contributed by atoms with Crippen LogP contribution in [0.1, 0.15) is 46.5 Å². The SMILES string of the molecule is CCCC(C)C1CCC(C)CNC1. The highest BCUT2D eigenvalue weighted by Crippen LogP contribution is 2.25. The van der Waals surface area contributed by atoms with E-state index in [0.29, 0.717) is 0 Å². The number of hydrogen-bond donors (Lipinski definition) is 1. The smallest absolute Gasteiger partial charge is 0.00179 e. The lowest BCUT2D eigenvalue weighted by Crippen LogP contribution is -2.26. The molecule has 0 aliphatic carbocycles. The first-order valence-electron chi connectivity index (χ1n) is 5.94. The molecule has 1 saturated heterocycles. The fourth-order valence-corrected chi connectivity index (χ4v) is 2.39. The number of nitrogens with one attached hydrogen (secondary N) is 1. The van der Waals surface area contributed by atoms with Crippen molar-refractivity contribution < 1.29 is 0 Å². The van der Waals surface area contributed by atoms with E-state index in [9.17, 15) is 0 Å². The van der Waals surface area contributed by atoms with Gasteiger partial charge in [-0.3, -0.25) is 0 Å². The van der Waals surface area contributed by atoms with Gasteiger partial charge in [0.1, 0.15) is 0 Å². The first-order chi connectivity index (χ1) is 6.24. The summed E-state index contributed by atoms with van der Waals surface area (Å²) in [5, 5.41) is 3.59. The van der Waals surface area contributed by atoms with Crippen LogP contribution in [0, 0.1) is 17.8 Å². The fourth-order valence-electron chi connectivity index (χ4n) is 2.39. The van der Waals surface area contributed by atoms with Gasteiger partial charge in [-0.2, -0.15) is 0 Å². The van der Waals surface area contributed by atoms with E-state index < -0.39 is 0 Å². The standard InChI is InChI=1S/C12H25N/c1-4-5-11(3)12-7-6-10(2)8-13-9-12/h10-13H,4-9H2,1-3H3. The van der Waals surface area contributed by atoms with Crippen LogP contribution in [0.15, 0.2) is 0 Å². The van der Waals surface area contributed by atoms with E-state index in [-0.39, 0.29) is 0 Å².